The van der Waals surface area contributed by atoms with Crippen LogP contribution in [0.4, 0.5) is 0 Å². The SMILES string of the molecule is NCC(Cc1cccc(Cl)c1)c1ccccn1. The van der Waals surface area contributed by atoms with Crippen molar-refractivity contribution in [2.45, 2.75) is 12.3 Å². The van der Waals surface area contributed by atoms with Crippen LogP contribution in [-0.2, 0) is 6.42 Å². The third kappa shape index (κ3) is 3.29. The van der Waals surface area contributed by atoms with Crippen LogP contribution in [0.15, 0.2) is 48.7 Å². The van der Waals surface area contributed by atoms with Gasteiger partial charge < -0.3 is 5.73 Å². The van der Waals surface area contributed by atoms with Crippen molar-refractivity contribution in [1.29, 1.82) is 0 Å². The standard InChI is InChI=1S/C14H15ClN2/c15-13-5-3-4-11(9-13)8-12(10-16)14-6-1-2-7-17-14/h1-7,9,12H,8,10,16H2. The Labute approximate surface area is 106 Å². The first-order valence-corrected chi connectivity index (χ1v) is 6.03. The zero-order valence-corrected chi connectivity index (χ0v) is 10.3. The van der Waals surface area contributed by atoms with Crippen molar-refractivity contribution in [2.24, 2.45) is 5.73 Å². The van der Waals surface area contributed by atoms with Crippen LogP contribution in [0, 0.1) is 0 Å². The molecule has 2 rings (SSSR count). The van der Waals surface area contributed by atoms with E-state index < -0.39 is 0 Å². The highest BCUT2D eigenvalue weighted by molar-refractivity contribution is 6.30. The molecular formula is C14H15ClN2. The predicted octanol–water partition coefficient (Wildman–Crippen LogP) is 3.02. The third-order valence-corrected chi connectivity index (χ3v) is 3.00. The Balaban J connectivity index is 2.16. The molecule has 0 aliphatic heterocycles. The Morgan fingerprint density at radius 1 is 1.18 bits per heavy atom. The van der Waals surface area contributed by atoms with Gasteiger partial charge in [-0.05, 0) is 36.2 Å². The van der Waals surface area contributed by atoms with Gasteiger partial charge >= 0.3 is 0 Å². The van der Waals surface area contributed by atoms with Crippen LogP contribution >= 0.6 is 11.6 Å². The van der Waals surface area contributed by atoms with Crippen LogP contribution in [0.2, 0.25) is 5.02 Å². The predicted molar refractivity (Wildman–Crippen MR) is 71.2 cm³/mol. The lowest BCUT2D eigenvalue weighted by atomic mass is 9.96. The highest BCUT2D eigenvalue weighted by atomic mass is 35.5. The number of nitrogens with two attached hydrogens (primary N) is 1. The molecule has 0 aliphatic rings. The zero-order chi connectivity index (χ0) is 12.1. The summed E-state index contributed by atoms with van der Waals surface area (Å²) in [6, 6.07) is 13.8. The molecule has 3 heteroatoms. The van der Waals surface area contributed by atoms with Crippen LogP contribution in [0.1, 0.15) is 17.2 Å². The molecule has 1 aromatic heterocycles. The van der Waals surface area contributed by atoms with Gasteiger partial charge in [0.25, 0.3) is 0 Å². The van der Waals surface area contributed by atoms with E-state index in [-0.39, 0.29) is 5.92 Å². The van der Waals surface area contributed by atoms with E-state index in [0.717, 1.165) is 17.1 Å². The van der Waals surface area contributed by atoms with E-state index in [2.05, 4.69) is 11.1 Å². The molecule has 0 bridgehead atoms. The van der Waals surface area contributed by atoms with E-state index in [0.29, 0.717) is 6.54 Å². The molecule has 0 saturated carbocycles. The fourth-order valence-electron chi connectivity index (χ4n) is 1.87. The van der Waals surface area contributed by atoms with Gasteiger partial charge in [-0.2, -0.15) is 0 Å². The Morgan fingerprint density at radius 3 is 2.71 bits per heavy atom. The lowest BCUT2D eigenvalue weighted by Crippen LogP contribution is -2.16. The summed E-state index contributed by atoms with van der Waals surface area (Å²) < 4.78 is 0. The van der Waals surface area contributed by atoms with Crippen molar-refractivity contribution >= 4 is 11.6 Å². The van der Waals surface area contributed by atoms with Crippen molar-refractivity contribution in [2.75, 3.05) is 6.54 Å². The largest absolute Gasteiger partial charge is 0.330 e. The normalized spacial score (nSPS) is 12.4. The number of hydrogen-bond acceptors (Lipinski definition) is 2. The summed E-state index contributed by atoms with van der Waals surface area (Å²) in [7, 11) is 0. The van der Waals surface area contributed by atoms with E-state index >= 15 is 0 Å². The Bertz CT molecular complexity index is 471. The number of hydrogen-bond donors (Lipinski definition) is 1. The van der Waals surface area contributed by atoms with Crippen molar-refractivity contribution < 1.29 is 0 Å². The van der Waals surface area contributed by atoms with Gasteiger partial charge in [0.2, 0.25) is 0 Å². The Kier molecular flexibility index (Phi) is 4.13. The second-order valence-electron chi connectivity index (χ2n) is 4.02. The molecule has 2 N–H and O–H groups in total. The molecule has 0 radical (unpaired) electrons. The van der Waals surface area contributed by atoms with Crippen molar-refractivity contribution in [1.82, 2.24) is 4.98 Å². The minimum Gasteiger partial charge on any atom is -0.330 e. The Hall–Kier alpha value is -1.38. The number of aromatic nitrogens is 1. The molecule has 1 aromatic carbocycles. The van der Waals surface area contributed by atoms with E-state index in [9.17, 15) is 0 Å². The number of halogens is 1. The smallest absolute Gasteiger partial charge is 0.0450 e. The molecule has 88 valence electrons. The highest BCUT2D eigenvalue weighted by Gasteiger charge is 2.11. The molecule has 1 unspecified atom stereocenters. The van der Waals surface area contributed by atoms with Gasteiger partial charge in [-0.3, -0.25) is 4.98 Å². The molecule has 0 amide bonds. The fraction of sp³-hybridized carbons (Fsp3) is 0.214. The highest BCUT2D eigenvalue weighted by Crippen LogP contribution is 2.20. The van der Waals surface area contributed by atoms with Crippen LogP contribution in [0.3, 0.4) is 0 Å². The van der Waals surface area contributed by atoms with Crippen LogP contribution in [0.5, 0.6) is 0 Å². The first-order chi connectivity index (χ1) is 8.29. The maximum absolute atomic E-state index is 5.97. The summed E-state index contributed by atoms with van der Waals surface area (Å²) in [5, 5.41) is 0.763. The molecule has 0 fully saturated rings. The third-order valence-electron chi connectivity index (χ3n) is 2.76. The van der Waals surface area contributed by atoms with Crippen LogP contribution in [0.25, 0.3) is 0 Å². The molecule has 0 aliphatic carbocycles. The first-order valence-electron chi connectivity index (χ1n) is 5.65. The van der Waals surface area contributed by atoms with Gasteiger partial charge in [0.05, 0.1) is 0 Å². The first kappa shape index (κ1) is 12.1. The summed E-state index contributed by atoms with van der Waals surface area (Å²) in [6.45, 7) is 0.587. The monoisotopic (exact) mass is 246 g/mol. The van der Waals surface area contributed by atoms with Gasteiger partial charge in [0.1, 0.15) is 0 Å². The molecule has 2 aromatic rings. The fourth-order valence-corrected chi connectivity index (χ4v) is 2.09. The quantitative estimate of drug-likeness (QED) is 0.901. The van der Waals surface area contributed by atoms with Crippen molar-refractivity contribution in [3.63, 3.8) is 0 Å². The summed E-state index contributed by atoms with van der Waals surface area (Å²) >= 11 is 5.97. The Morgan fingerprint density at radius 2 is 2.06 bits per heavy atom. The topological polar surface area (TPSA) is 38.9 Å². The molecule has 2 nitrogen and oxygen atoms in total. The lowest BCUT2D eigenvalue weighted by molar-refractivity contribution is 0.672. The molecule has 1 atom stereocenters. The van der Waals surface area contributed by atoms with Crippen LogP contribution < -0.4 is 5.73 Å². The van der Waals surface area contributed by atoms with Crippen LogP contribution in [-0.4, -0.2) is 11.5 Å². The van der Waals surface area contributed by atoms with Gasteiger partial charge in [-0.1, -0.05) is 29.8 Å². The van der Waals surface area contributed by atoms with Gasteiger partial charge in [-0.15, -0.1) is 0 Å². The molecule has 0 saturated heterocycles. The second kappa shape index (κ2) is 5.80. The maximum Gasteiger partial charge on any atom is 0.0450 e. The number of benzene rings is 1. The molecular weight excluding hydrogens is 232 g/mol. The van der Waals surface area contributed by atoms with E-state index in [1.165, 1.54) is 5.56 Å². The summed E-state index contributed by atoms with van der Waals surface area (Å²) in [4.78, 5) is 4.36. The van der Waals surface area contributed by atoms with E-state index in [4.69, 9.17) is 17.3 Å². The summed E-state index contributed by atoms with van der Waals surface area (Å²) in [5.74, 6) is 0.245. The average Bonchev–Trinajstić information content (AvgIpc) is 2.37. The van der Waals surface area contributed by atoms with Gasteiger partial charge in [-0.25, -0.2) is 0 Å². The van der Waals surface area contributed by atoms with E-state index in [1.54, 1.807) is 6.20 Å². The number of rotatable bonds is 4. The zero-order valence-electron chi connectivity index (χ0n) is 9.51. The summed E-state index contributed by atoms with van der Waals surface area (Å²) in [6.07, 6.45) is 2.67. The number of pyridine rings is 1. The average molecular weight is 247 g/mol. The molecule has 1 heterocycles. The van der Waals surface area contributed by atoms with Gasteiger partial charge in [0.15, 0.2) is 0 Å². The minimum absolute atomic E-state index is 0.245. The summed E-state index contributed by atoms with van der Waals surface area (Å²) in [5.41, 5.74) is 8.05. The van der Waals surface area contributed by atoms with Crippen molar-refractivity contribution in [3.8, 4) is 0 Å². The lowest BCUT2D eigenvalue weighted by Gasteiger charge is -2.14. The molecule has 0 spiro atoms. The molecule has 17 heavy (non-hydrogen) atoms. The van der Waals surface area contributed by atoms with Crippen molar-refractivity contribution in [3.05, 3.63) is 64.9 Å². The van der Waals surface area contributed by atoms with E-state index in [1.807, 2.05) is 36.4 Å². The van der Waals surface area contributed by atoms with Gasteiger partial charge in [0, 0.05) is 29.4 Å². The minimum atomic E-state index is 0.245. The maximum atomic E-state index is 5.97. The second-order valence-corrected chi connectivity index (χ2v) is 4.46. The number of nitrogens with zero attached hydrogens (tertiary/aromatic N) is 1.